The van der Waals surface area contributed by atoms with Crippen LogP contribution in [-0.4, -0.2) is 19.7 Å². The van der Waals surface area contributed by atoms with Crippen molar-refractivity contribution in [3.8, 4) is 5.75 Å². The van der Waals surface area contributed by atoms with Gasteiger partial charge in [-0.15, -0.1) is 0 Å². The highest BCUT2D eigenvalue weighted by Gasteiger charge is 2.13. The van der Waals surface area contributed by atoms with Crippen LogP contribution >= 0.6 is 0 Å². The second-order valence-corrected chi connectivity index (χ2v) is 4.59. The van der Waals surface area contributed by atoms with E-state index < -0.39 is 0 Å². The second-order valence-electron chi connectivity index (χ2n) is 4.59. The summed E-state index contributed by atoms with van der Waals surface area (Å²) in [4.78, 5) is 11.7. The quantitative estimate of drug-likeness (QED) is 0.829. The van der Waals surface area contributed by atoms with E-state index in [1.165, 1.54) is 0 Å². The molecule has 1 aromatic rings. The summed E-state index contributed by atoms with van der Waals surface area (Å²) in [5.41, 5.74) is 2.18. The summed E-state index contributed by atoms with van der Waals surface area (Å²) in [7, 11) is 1.66. The number of carbonyl (C=O) groups is 1. The molecule has 1 rings (SSSR count). The van der Waals surface area contributed by atoms with Crippen molar-refractivity contribution in [2.75, 3.05) is 13.7 Å². The van der Waals surface area contributed by atoms with Crippen LogP contribution in [0.1, 0.15) is 43.9 Å². The molecule has 0 radical (unpaired) electrons. The standard InChI is InChI=1S/C15H24N2O2/c1-5-9-16-15(18)17-13(6-2)12-7-8-14(19-4)11(3)10-12/h7-8,10,13H,5-6,9H2,1-4H3,(H2,16,17,18)/t13-/m1/s1. The maximum absolute atomic E-state index is 11.7. The lowest BCUT2D eigenvalue weighted by Gasteiger charge is -2.19. The number of ether oxygens (including phenoxy) is 1. The molecule has 4 heteroatoms. The van der Waals surface area contributed by atoms with Crippen LogP contribution in [0.2, 0.25) is 0 Å². The Kier molecular flexibility index (Phi) is 6.19. The third-order valence-corrected chi connectivity index (χ3v) is 3.07. The van der Waals surface area contributed by atoms with Crippen LogP contribution in [0.4, 0.5) is 4.79 Å². The zero-order chi connectivity index (χ0) is 14.3. The van der Waals surface area contributed by atoms with Gasteiger partial charge in [-0.1, -0.05) is 26.0 Å². The van der Waals surface area contributed by atoms with Crippen molar-refractivity contribution in [1.29, 1.82) is 0 Å². The topological polar surface area (TPSA) is 50.4 Å². The van der Waals surface area contributed by atoms with Gasteiger partial charge in [-0.05, 0) is 37.0 Å². The molecule has 0 unspecified atom stereocenters. The van der Waals surface area contributed by atoms with E-state index in [2.05, 4.69) is 23.6 Å². The number of urea groups is 1. The molecule has 1 aromatic carbocycles. The predicted octanol–water partition coefficient (Wildman–Crippen LogP) is 3.16. The van der Waals surface area contributed by atoms with Gasteiger partial charge in [-0.3, -0.25) is 0 Å². The van der Waals surface area contributed by atoms with Gasteiger partial charge in [0.2, 0.25) is 0 Å². The first-order valence-electron chi connectivity index (χ1n) is 6.81. The number of rotatable bonds is 6. The molecule has 0 aliphatic heterocycles. The van der Waals surface area contributed by atoms with Crippen LogP contribution in [0.3, 0.4) is 0 Å². The lowest BCUT2D eigenvalue weighted by molar-refractivity contribution is 0.236. The summed E-state index contributed by atoms with van der Waals surface area (Å²) in [6.45, 7) is 6.80. The Balaban J connectivity index is 2.74. The van der Waals surface area contributed by atoms with Crippen molar-refractivity contribution in [1.82, 2.24) is 10.6 Å². The molecule has 2 N–H and O–H groups in total. The largest absolute Gasteiger partial charge is 0.496 e. The normalized spacial score (nSPS) is 11.8. The molecule has 19 heavy (non-hydrogen) atoms. The minimum atomic E-state index is -0.109. The molecule has 0 aliphatic carbocycles. The highest BCUT2D eigenvalue weighted by atomic mass is 16.5. The molecule has 0 aromatic heterocycles. The lowest BCUT2D eigenvalue weighted by Crippen LogP contribution is -2.38. The van der Waals surface area contributed by atoms with Gasteiger partial charge in [0, 0.05) is 6.54 Å². The smallest absolute Gasteiger partial charge is 0.315 e. The Morgan fingerprint density at radius 3 is 2.63 bits per heavy atom. The number of aryl methyl sites for hydroxylation is 1. The minimum Gasteiger partial charge on any atom is -0.496 e. The predicted molar refractivity (Wildman–Crippen MR) is 77.6 cm³/mol. The summed E-state index contributed by atoms with van der Waals surface area (Å²) in [6.07, 6.45) is 1.79. The summed E-state index contributed by atoms with van der Waals surface area (Å²) in [6, 6.07) is 5.93. The van der Waals surface area contributed by atoms with Crippen LogP contribution < -0.4 is 15.4 Å². The molecule has 1 atom stereocenters. The average Bonchev–Trinajstić information content (AvgIpc) is 2.42. The van der Waals surface area contributed by atoms with Gasteiger partial charge in [0.05, 0.1) is 13.2 Å². The first kappa shape index (κ1) is 15.3. The van der Waals surface area contributed by atoms with Crippen molar-refractivity contribution < 1.29 is 9.53 Å². The number of methoxy groups -OCH3 is 1. The number of hydrogen-bond acceptors (Lipinski definition) is 2. The molecule has 4 nitrogen and oxygen atoms in total. The van der Waals surface area contributed by atoms with E-state index in [-0.39, 0.29) is 12.1 Å². The average molecular weight is 264 g/mol. The zero-order valence-electron chi connectivity index (χ0n) is 12.2. The summed E-state index contributed by atoms with van der Waals surface area (Å²) < 4.78 is 5.25. The first-order valence-corrected chi connectivity index (χ1v) is 6.81. The fourth-order valence-electron chi connectivity index (χ4n) is 1.99. The van der Waals surface area contributed by atoms with Gasteiger partial charge in [-0.25, -0.2) is 4.79 Å². The Morgan fingerprint density at radius 1 is 1.37 bits per heavy atom. The van der Waals surface area contributed by atoms with Gasteiger partial charge in [0.1, 0.15) is 5.75 Å². The van der Waals surface area contributed by atoms with Crippen molar-refractivity contribution >= 4 is 6.03 Å². The van der Waals surface area contributed by atoms with Gasteiger partial charge < -0.3 is 15.4 Å². The third kappa shape index (κ3) is 4.47. The number of carbonyl (C=O) groups excluding carboxylic acids is 1. The van der Waals surface area contributed by atoms with Gasteiger partial charge in [0.25, 0.3) is 0 Å². The van der Waals surface area contributed by atoms with Gasteiger partial charge in [0.15, 0.2) is 0 Å². The summed E-state index contributed by atoms with van der Waals surface area (Å²) in [5.74, 6) is 0.869. The van der Waals surface area contributed by atoms with Crippen LogP contribution in [0, 0.1) is 6.92 Å². The second kappa shape index (κ2) is 7.67. The van der Waals surface area contributed by atoms with E-state index in [4.69, 9.17) is 4.74 Å². The van der Waals surface area contributed by atoms with E-state index in [1.54, 1.807) is 7.11 Å². The Bertz CT molecular complexity index is 419. The fraction of sp³-hybridized carbons (Fsp3) is 0.533. The Labute approximate surface area is 115 Å². The minimum absolute atomic E-state index is 0.0291. The highest BCUT2D eigenvalue weighted by Crippen LogP contribution is 2.24. The molecule has 0 heterocycles. The van der Waals surface area contributed by atoms with Gasteiger partial charge in [-0.2, -0.15) is 0 Å². The van der Waals surface area contributed by atoms with Crippen molar-refractivity contribution in [2.45, 2.75) is 39.7 Å². The van der Waals surface area contributed by atoms with Crippen LogP contribution in [0.5, 0.6) is 5.75 Å². The fourth-order valence-corrected chi connectivity index (χ4v) is 1.99. The highest BCUT2D eigenvalue weighted by molar-refractivity contribution is 5.74. The Morgan fingerprint density at radius 2 is 2.11 bits per heavy atom. The van der Waals surface area contributed by atoms with E-state index in [0.29, 0.717) is 6.54 Å². The van der Waals surface area contributed by atoms with Crippen LogP contribution in [0.15, 0.2) is 18.2 Å². The summed E-state index contributed by atoms with van der Waals surface area (Å²) in [5, 5.41) is 5.82. The van der Waals surface area contributed by atoms with E-state index in [0.717, 1.165) is 29.7 Å². The van der Waals surface area contributed by atoms with E-state index in [9.17, 15) is 4.79 Å². The molecule has 0 saturated heterocycles. The Hall–Kier alpha value is -1.71. The molecule has 0 spiro atoms. The van der Waals surface area contributed by atoms with E-state index >= 15 is 0 Å². The molecule has 0 bridgehead atoms. The maximum atomic E-state index is 11.7. The van der Waals surface area contributed by atoms with Crippen LogP contribution in [0.25, 0.3) is 0 Å². The summed E-state index contributed by atoms with van der Waals surface area (Å²) >= 11 is 0. The van der Waals surface area contributed by atoms with Gasteiger partial charge >= 0.3 is 6.03 Å². The van der Waals surface area contributed by atoms with E-state index in [1.807, 2.05) is 26.0 Å². The number of nitrogens with one attached hydrogen (secondary N) is 2. The van der Waals surface area contributed by atoms with Crippen molar-refractivity contribution in [3.63, 3.8) is 0 Å². The number of benzene rings is 1. The molecular weight excluding hydrogens is 240 g/mol. The monoisotopic (exact) mass is 264 g/mol. The molecule has 0 aliphatic rings. The van der Waals surface area contributed by atoms with Crippen molar-refractivity contribution in [2.24, 2.45) is 0 Å². The molecular formula is C15H24N2O2. The van der Waals surface area contributed by atoms with Crippen molar-refractivity contribution in [3.05, 3.63) is 29.3 Å². The third-order valence-electron chi connectivity index (χ3n) is 3.07. The molecule has 0 saturated carbocycles. The zero-order valence-corrected chi connectivity index (χ0v) is 12.2. The molecule has 106 valence electrons. The number of amides is 2. The lowest BCUT2D eigenvalue weighted by atomic mass is 10.0. The van der Waals surface area contributed by atoms with Crippen LogP contribution in [-0.2, 0) is 0 Å². The first-order chi connectivity index (χ1) is 9.12. The SMILES string of the molecule is CCCNC(=O)N[C@H](CC)c1ccc(OC)c(C)c1. The maximum Gasteiger partial charge on any atom is 0.315 e. The molecule has 2 amide bonds. The number of hydrogen-bond donors (Lipinski definition) is 2. The molecule has 0 fully saturated rings.